The van der Waals surface area contributed by atoms with Gasteiger partial charge in [0.15, 0.2) is 0 Å². The standard InChI is InChI=1S/C17H18S2/c1-17(12-18-11-14-7-3-2-4-8-14)13-19-16-10-6-5-9-15(16)17/h2-10H,11-13H2,1H3. The van der Waals surface area contributed by atoms with Gasteiger partial charge >= 0.3 is 0 Å². The minimum atomic E-state index is 0.334. The Morgan fingerprint density at radius 1 is 1.05 bits per heavy atom. The zero-order valence-electron chi connectivity index (χ0n) is 11.1. The molecule has 2 heteroatoms. The number of benzene rings is 2. The summed E-state index contributed by atoms with van der Waals surface area (Å²) in [5, 5.41) is 0. The van der Waals surface area contributed by atoms with E-state index in [2.05, 4.69) is 73.3 Å². The van der Waals surface area contributed by atoms with Crippen molar-refractivity contribution in [1.29, 1.82) is 0 Å². The lowest BCUT2D eigenvalue weighted by Gasteiger charge is -2.24. The van der Waals surface area contributed by atoms with Gasteiger partial charge in [0.2, 0.25) is 0 Å². The number of thioether (sulfide) groups is 2. The molecular weight excluding hydrogens is 268 g/mol. The minimum Gasteiger partial charge on any atom is -0.156 e. The van der Waals surface area contributed by atoms with Crippen molar-refractivity contribution in [3.8, 4) is 0 Å². The second kappa shape index (κ2) is 5.64. The second-order valence-corrected chi connectivity index (χ2v) is 7.33. The Morgan fingerprint density at radius 2 is 1.79 bits per heavy atom. The van der Waals surface area contributed by atoms with Gasteiger partial charge in [-0.1, -0.05) is 55.5 Å². The number of hydrogen-bond donors (Lipinski definition) is 0. The lowest BCUT2D eigenvalue weighted by Crippen LogP contribution is -2.24. The Labute approximate surface area is 124 Å². The maximum absolute atomic E-state index is 2.41. The zero-order chi connectivity index (χ0) is 13.1. The zero-order valence-corrected chi connectivity index (χ0v) is 12.8. The van der Waals surface area contributed by atoms with Gasteiger partial charge in [-0.05, 0) is 17.2 Å². The van der Waals surface area contributed by atoms with Gasteiger partial charge in [-0.3, -0.25) is 0 Å². The maximum atomic E-state index is 2.41. The van der Waals surface area contributed by atoms with Crippen LogP contribution < -0.4 is 0 Å². The topological polar surface area (TPSA) is 0 Å². The molecule has 98 valence electrons. The molecule has 2 aromatic rings. The van der Waals surface area contributed by atoms with Crippen molar-refractivity contribution in [2.45, 2.75) is 23.0 Å². The summed E-state index contributed by atoms with van der Waals surface area (Å²) in [4.78, 5) is 1.48. The van der Waals surface area contributed by atoms with E-state index in [0.29, 0.717) is 5.41 Å². The van der Waals surface area contributed by atoms with E-state index in [4.69, 9.17) is 0 Å². The van der Waals surface area contributed by atoms with Gasteiger partial charge in [0.05, 0.1) is 0 Å². The Morgan fingerprint density at radius 3 is 2.63 bits per heavy atom. The summed E-state index contributed by atoms with van der Waals surface area (Å²) in [5.74, 6) is 3.53. The molecule has 0 spiro atoms. The molecule has 2 aromatic carbocycles. The van der Waals surface area contributed by atoms with Crippen molar-refractivity contribution in [1.82, 2.24) is 0 Å². The van der Waals surface area contributed by atoms with Crippen molar-refractivity contribution in [3.63, 3.8) is 0 Å². The van der Waals surface area contributed by atoms with E-state index >= 15 is 0 Å². The molecule has 0 fully saturated rings. The van der Waals surface area contributed by atoms with Crippen LogP contribution in [0.2, 0.25) is 0 Å². The number of rotatable bonds is 4. The van der Waals surface area contributed by atoms with E-state index in [1.807, 2.05) is 11.8 Å². The highest BCUT2D eigenvalue weighted by Gasteiger charge is 2.34. The van der Waals surface area contributed by atoms with E-state index in [9.17, 15) is 0 Å². The lowest BCUT2D eigenvalue weighted by molar-refractivity contribution is 0.617. The predicted octanol–water partition coefficient (Wildman–Crippen LogP) is 4.98. The molecule has 0 N–H and O–H groups in total. The smallest absolute Gasteiger partial charge is 0.0184 e. The highest BCUT2D eigenvalue weighted by atomic mass is 32.2. The summed E-state index contributed by atoms with van der Waals surface area (Å²) in [6.07, 6.45) is 0. The van der Waals surface area contributed by atoms with Crippen LogP contribution in [0.3, 0.4) is 0 Å². The molecule has 0 aliphatic carbocycles. The molecule has 0 bridgehead atoms. The van der Waals surface area contributed by atoms with Crippen LogP contribution in [0.15, 0.2) is 59.5 Å². The van der Waals surface area contributed by atoms with E-state index in [0.717, 1.165) is 5.75 Å². The van der Waals surface area contributed by atoms with Crippen LogP contribution in [0.4, 0.5) is 0 Å². The van der Waals surface area contributed by atoms with Crippen molar-refractivity contribution >= 4 is 23.5 Å². The van der Waals surface area contributed by atoms with Gasteiger partial charge in [0.1, 0.15) is 0 Å². The largest absolute Gasteiger partial charge is 0.156 e. The van der Waals surface area contributed by atoms with Crippen molar-refractivity contribution in [2.75, 3.05) is 11.5 Å². The van der Waals surface area contributed by atoms with Crippen LogP contribution in [0.5, 0.6) is 0 Å². The van der Waals surface area contributed by atoms with E-state index < -0.39 is 0 Å². The summed E-state index contributed by atoms with van der Waals surface area (Å²) >= 11 is 4.06. The van der Waals surface area contributed by atoms with Crippen LogP contribution >= 0.6 is 23.5 Å². The van der Waals surface area contributed by atoms with Crippen molar-refractivity contribution in [2.24, 2.45) is 0 Å². The van der Waals surface area contributed by atoms with Crippen LogP contribution in [-0.4, -0.2) is 11.5 Å². The van der Waals surface area contributed by atoms with E-state index in [1.54, 1.807) is 5.56 Å². The van der Waals surface area contributed by atoms with Crippen LogP contribution in [0.1, 0.15) is 18.1 Å². The molecule has 0 saturated heterocycles. The fraction of sp³-hybridized carbons (Fsp3) is 0.294. The average Bonchev–Trinajstić information content (AvgIpc) is 2.79. The van der Waals surface area contributed by atoms with Gasteiger partial charge in [0.25, 0.3) is 0 Å². The highest BCUT2D eigenvalue weighted by molar-refractivity contribution is 8.00. The average molecular weight is 286 g/mol. The molecule has 19 heavy (non-hydrogen) atoms. The molecular formula is C17H18S2. The number of fused-ring (bicyclic) bond motifs is 1. The van der Waals surface area contributed by atoms with Gasteiger partial charge in [0, 0.05) is 27.6 Å². The van der Waals surface area contributed by atoms with Crippen LogP contribution in [-0.2, 0) is 11.2 Å². The summed E-state index contributed by atoms with van der Waals surface area (Å²) < 4.78 is 0. The molecule has 0 aromatic heterocycles. The third kappa shape index (κ3) is 2.85. The SMILES string of the molecule is CC1(CSCc2ccccc2)CSc2ccccc21. The first kappa shape index (κ1) is 13.1. The first-order valence-corrected chi connectivity index (χ1v) is 8.76. The van der Waals surface area contributed by atoms with Gasteiger partial charge in [-0.2, -0.15) is 11.8 Å². The third-order valence-corrected chi connectivity index (χ3v) is 6.44. The summed E-state index contributed by atoms with van der Waals surface area (Å²) in [5.41, 5.74) is 3.30. The van der Waals surface area contributed by atoms with E-state index in [1.165, 1.54) is 22.0 Å². The monoisotopic (exact) mass is 286 g/mol. The van der Waals surface area contributed by atoms with Crippen LogP contribution in [0.25, 0.3) is 0 Å². The van der Waals surface area contributed by atoms with Gasteiger partial charge < -0.3 is 0 Å². The summed E-state index contributed by atoms with van der Waals surface area (Å²) in [7, 11) is 0. The molecule has 1 aliphatic rings. The van der Waals surface area contributed by atoms with Crippen molar-refractivity contribution < 1.29 is 0 Å². The van der Waals surface area contributed by atoms with Gasteiger partial charge in [-0.15, -0.1) is 11.8 Å². The normalized spacial score (nSPS) is 21.3. The molecule has 0 nitrogen and oxygen atoms in total. The first-order chi connectivity index (χ1) is 9.28. The minimum absolute atomic E-state index is 0.334. The third-order valence-electron chi connectivity index (χ3n) is 3.62. The Bertz CT molecular complexity index is 550. The second-order valence-electron chi connectivity index (χ2n) is 5.32. The lowest BCUT2D eigenvalue weighted by atomic mass is 9.87. The Kier molecular flexibility index (Phi) is 3.90. The Balaban J connectivity index is 1.65. The molecule has 0 amide bonds. The fourth-order valence-corrected chi connectivity index (χ4v) is 5.24. The molecule has 1 heterocycles. The quantitative estimate of drug-likeness (QED) is 0.777. The summed E-state index contributed by atoms with van der Waals surface area (Å²) in [6, 6.07) is 19.6. The fourth-order valence-electron chi connectivity index (χ4n) is 2.49. The molecule has 0 saturated carbocycles. The summed E-state index contributed by atoms with van der Waals surface area (Å²) in [6.45, 7) is 2.41. The molecule has 3 rings (SSSR count). The van der Waals surface area contributed by atoms with E-state index in [-0.39, 0.29) is 0 Å². The molecule has 1 atom stereocenters. The van der Waals surface area contributed by atoms with Crippen LogP contribution in [0, 0.1) is 0 Å². The molecule has 0 radical (unpaired) electrons. The predicted molar refractivity (Wildman–Crippen MR) is 87.1 cm³/mol. The Hall–Kier alpha value is -0.860. The maximum Gasteiger partial charge on any atom is 0.0184 e. The van der Waals surface area contributed by atoms with Crippen molar-refractivity contribution in [3.05, 3.63) is 65.7 Å². The van der Waals surface area contributed by atoms with Gasteiger partial charge in [-0.25, -0.2) is 0 Å². The molecule has 1 aliphatic heterocycles. The highest BCUT2D eigenvalue weighted by Crippen LogP contribution is 2.45. The first-order valence-electron chi connectivity index (χ1n) is 6.62. The number of hydrogen-bond acceptors (Lipinski definition) is 2. The molecule has 1 unspecified atom stereocenters.